The van der Waals surface area contributed by atoms with Crippen molar-refractivity contribution >= 4 is 23.6 Å². The quantitative estimate of drug-likeness (QED) is 0.492. The maximum Gasteiger partial charge on any atom is 0.404 e. The Morgan fingerprint density at radius 3 is 2.87 bits per heavy atom. The Morgan fingerprint density at radius 2 is 2.20 bits per heavy atom. The van der Waals surface area contributed by atoms with Crippen molar-refractivity contribution < 1.29 is 24.2 Å². The Hall–Kier alpha value is -2.23. The molecule has 0 saturated carbocycles. The van der Waals surface area contributed by atoms with Crippen LogP contribution in [0.15, 0.2) is 33.9 Å². The van der Waals surface area contributed by atoms with Crippen LogP contribution in [-0.2, 0) is 14.3 Å². The highest BCUT2D eigenvalue weighted by Gasteiger charge is 2.44. The highest BCUT2D eigenvalue weighted by Crippen LogP contribution is 2.49. The van der Waals surface area contributed by atoms with Crippen LogP contribution in [-0.4, -0.2) is 67.4 Å². The molecule has 3 aliphatic rings. The van der Waals surface area contributed by atoms with Gasteiger partial charge in [0.1, 0.15) is 12.0 Å². The van der Waals surface area contributed by atoms with Crippen LogP contribution in [0.5, 0.6) is 0 Å². The van der Waals surface area contributed by atoms with Gasteiger partial charge < -0.3 is 30.9 Å². The molecule has 0 bridgehead atoms. The summed E-state index contributed by atoms with van der Waals surface area (Å²) in [5.41, 5.74) is 7.45. The number of hydrogen-bond donors (Lipinski definition) is 4. The van der Waals surface area contributed by atoms with E-state index in [9.17, 15) is 9.59 Å². The summed E-state index contributed by atoms with van der Waals surface area (Å²) in [6, 6.07) is -0.164. The summed E-state index contributed by atoms with van der Waals surface area (Å²) in [5.74, 6) is 0.294. The number of nitrogens with zero attached hydrogens (tertiary/aromatic N) is 1. The molecule has 1 fully saturated rings. The van der Waals surface area contributed by atoms with Gasteiger partial charge in [-0.25, -0.2) is 4.79 Å². The van der Waals surface area contributed by atoms with Gasteiger partial charge >= 0.3 is 6.09 Å². The molecule has 2 heterocycles. The van der Waals surface area contributed by atoms with Gasteiger partial charge in [-0.3, -0.25) is 9.69 Å². The van der Waals surface area contributed by atoms with Crippen molar-refractivity contribution in [3.05, 3.63) is 33.9 Å². The third-order valence-electron chi connectivity index (χ3n) is 5.85. The molecule has 2 aliphatic heterocycles. The maximum absolute atomic E-state index is 13.3. The Labute approximate surface area is 180 Å². The number of rotatable bonds is 6. The van der Waals surface area contributed by atoms with Crippen LogP contribution in [0, 0.1) is 5.41 Å². The van der Waals surface area contributed by atoms with Crippen molar-refractivity contribution in [2.75, 3.05) is 33.3 Å². The Kier molecular flexibility index (Phi) is 6.64. The van der Waals surface area contributed by atoms with E-state index in [4.69, 9.17) is 31.9 Å². The lowest BCUT2D eigenvalue weighted by Gasteiger charge is -2.38. The number of piperidine rings is 1. The molecule has 0 radical (unpaired) electrons. The molecule has 1 saturated heterocycles. The van der Waals surface area contributed by atoms with Crippen LogP contribution >= 0.6 is 11.6 Å². The highest BCUT2D eigenvalue weighted by atomic mass is 35.5. The topological polar surface area (TPSA) is 126 Å². The molecule has 0 aromatic rings. The van der Waals surface area contributed by atoms with E-state index < -0.39 is 11.5 Å². The summed E-state index contributed by atoms with van der Waals surface area (Å²) in [7, 11) is 1.61. The van der Waals surface area contributed by atoms with Crippen molar-refractivity contribution in [2.45, 2.75) is 38.8 Å². The number of nitrogens with one attached hydrogen (secondary N) is 2. The molecular weight excluding hydrogens is 412 g/mol. The predicted molar refractivity (Wildman–Crippen MR) is 111 cm³/mol. The summed E-state index contributed by atoms with van der Waals surface area (Å²) in [4.78, 5) is 26.0. The SMILES string of the molecule is COC1CN(CCNC(=O)O)CCC1NC(=O)C1=C2OC=C(Cl)C(N)=C2CC1(C)C. The van der Waals surface area contributed by atoms with Gasteiger partial charge in [-0.2, -0.15) is 0 Å². The van der Waals surface area contributed by atoms with Gasteiger partial charge in [-0.1, -0.05) is 25.4 Å². The number of nitrogens with two attached hydrogens (primary N) is 1. The van der Waals surface area contributed by atoms with Crippen molar-refractivity contribution in [3.63, 3.8) is 0 Å². The zero-order chi connectivity index (χ0) is 22.1. The summed E-state index contributed by atoms with van der Waals surface area (Å²) in [6.07, 6.45) is 1.39. The number of carbonyl (C=O) groups is 2. The van der Waals surface area contributed by atoms with E-state index in [0.717, 1.165) is 12.1 Å². The van der Waals surface area contributed by atoms with Crippen LogP contribution < -0.4 is 16.4 Å². The molecule has 0 spiro atoms. The molecule has 3 rings (SSSR count). The predicted octanol–water partition coefficient (Wildman–Crippen LogP) is 1.47. The molecule has 9 nitrogen and oxygen atoms in total. The minimum Gasteiger partial charge on any atom is -0.465 e. The van der Waals surface area contributed by atoms with Crippen molar-refractivity contribution in [3.8, 4) is 0 Å². The van der Waals surface area contributed by atoms with E-state index in [2.05, 4.69) is 15.5 Å². The van der Waals surface area contributed by atoms with E-state index in [1.807, 2.05) is 13.8 Å². The zero-order valence-electron chi connectivity index (χ0n) is 17.5. The second-order valence-corrected chi connectivity index (χ2v) is 8.82. The average Bonchev–Trinajstić information content (AvgIpc) is 2.96. The average molecular weight is 441 g/mol. The van der Waals surface area contributed by atoms with Crippen LogP contribution in [0.2, 0.25) is 0 Å². The highest BCUT2D eigenvalue weighted by molar-refractivity contribution is 6.32. The van der Waals surface area contributed by atoms with Crippen molar-refractivity contribution in [2.24, 2.45) is 11.1 Å². The van der Waals surface area contributed by atoms with E-state index in [-0.39, 0.29) is 18.1 Å². The molecule has 2 atom stereocenters. The summed E-state index contributed by atoms with van der Waals surface area (Å²) < 4.78 is 11.3. The number of likely N-dealkylation sites (tertiary alicyclic amines) is 1. The molecule has 166 valence electrons. The largest absolute Gasteiger partial charge is 0.465 e. The van der Waals surface area contributed by atoms with Crippen molar-refractivity contribution in [1.29, 1.82) is 0 Å². The maximum atomic E-state index is 13.3. The lowest BCUT2D eigenvalue weighted by atomic mass is 9.84. The van der Waals surface area contributed by atoms with E-state index in [0.29, 0.717) is 54.5 Å². The smallest absolute Gasteiger partial charge is 0.404 e. The Bertz CT molecular complexity index is 820. The second kappa shape index (κ2) is 8.87. The first-order valence-electron chi connectivity index (χ1n) is 9.93. The fraction of sp³-hybridized carbons (Fsp3) is 0.600. The summed E-state index contributed by atoms with van der Waals surface area (Å²) in [5, 5.41) is 14.5. The van der Waals surface area contributed by atoms with Crippen molar-refractivity contribution in [1.82, 2.24) is 15.5 Å². The second-order valence-electron chi connectivity index (χ2n) is 8.42. The van der Waals surface area contributed by atoms with E-state index in [1.165, 1.54) is 6.26 Å². The standard InChI is InChI=1S/C20H29ClN4O5/c1-20(2)8-11-16(22)12(21)10-30-17(11)15(20)18(26)24-13-4-6-25(9-14(13)29-3)7-5-23-19(27)28/h10,13-14,23H,4-9,22H2,1-3H3,(H,24,26)(H,27,28). The van der Waals surface area contributed by atoms with Crippen LogP contribution in [0.25, 0.3) is 0 Å². The fourth-order valence-corrected chi connectivity index (χ4v) is 4.45. The summed E-state index contributed by atoms with van der Waals surface area (Å²) >= 11 is 6.09. The minimum atomic E-state index is -1.04. The monoisotopic (exact) mass is 440 g/mol. The van der Waals surface area contributed by atoms with E-state index >= 15 is 0 Å². The number of halogens is 1. The first-order valence-corrected chi connectivity index (χ1v) is 10.3. The zero-order valence-corrected chi connectivity index (χ0v) is 18.2. The lowest BCUT2D eigenvalue weighted by molar-refractivity contribution is -0.121. The number of hydrogen-bond acceptors (Lipinski definition) is 6. The van der Waals surface area contributed by atoms with Crippen LogP contribution in [0.4, 0.5) is 4.79 Å². The number of methoxy groups -OCH3 is 1. The number of carboxylic acid groups (broad SMARTS) is 1. The van der Waals surface area contributed by atoms with Gasteiger partial charge in [0.05, 0.1) is 28.4 Å². The first-order chi connectivity index (χ1) is 14.1. The van der Waals surface area contributed by atoms with E-state index in [1.54, 1.807) is 7.11 Å². The van der Waals surface area contributed by atoms with Gasteiger partial charge in [-0.15, -0.1) is 0 Å². The van der Waals surface area contributed by atoms with Gasteiger partial charge in [-0.05, 0) is 12.8 Å². The molecule has 1 aliphatic carbocycles. The van der Waals surface area contributed by atoms with Crippen LogP contribution in [0.3, 0.4) is 0 Å². The van der Waals surface area contributed by atoms with Gasteiger partial charge in [0, 0.05) is 44.3 Å². The third-order valence-corrected chi connectivity index (χ3v) is 6.15. The first kappa shape index (κ1) is 22.5. The van der Waals surface area contributed by atoms with Gasteiger partial charge in [0.25, 0.3) is 5.91 Å². The molecule has 5 N–H and O–H groups in total. The molecule has 0 aromatic heterocycles. The molecule has 10 heteroatoms. The number of carbonyl (C=O) groups excluding carboxylic acids is 1. The minimum absolute atomic E-state index is 0.164. The molecule has 2 unspecified atom stereocenters. The van der Waals surface area contributed by atoms with Crippen LogP contribution in [0.1, 0.15) is 26.7 Å². The lowest BCUT2D eigenvalue weighted by Crippen LogP contribution is -2.56. The Morgan fingerprint density at radius 1 is 1.47 bits per heavy atom. The number of ether oxygens (including phenoxy) is 2. The molecule has 30 heavy (non-hydrogen) atoms. The third kappa shape index (κ3) is 4.58. The number of fused-ring (bicyclic) bond motifs is 1. The fourth-order valence-electron chi connectivity index (χ4n) is 4.29. The molecule has 2 amide bonds. The normalized spacial score (nSPS) is 26.1. The van der Waals surface area contributed by atoms with Gasteiger partial charge in [0.2, 0.25) is 0 Å². The summed E-state index contributed by atoms with van der Waals surface area (Å²) in [6.45, 7) is 6.23. The van der Waals surface area contributed by atoms with Gasteiger partial charge in [0.15, 0.2) is 0 Å². The number of allylic oxidation sites excluding steroid dienone is 2. The number of amides is 2. The molecule has 0 aromatic carbocycles. The molecular formula is C20H29ClN4O5. The Balaban J connectivity index is 1.69.